The van der Waals surface area contributed by atoms with Gasteiger partial charge in [0.15, 0.2) is 0 Å². The molecule has 0 aliphatic carbocycles. The van der Waals surface area contributed by atoms with Crippen LogP contribution in [0.2, 0.25) is 0 Å². The minimum atomic E-state index is -0.549. The van der Waals surface area contributed by atoms with Gasteiger partial charge in [0.25, 0.3) is 11.6 Å². The maximum Gasteiger partial charge on any atom is 0.295 e. The molecule has 3 aromatic rings. The van der Waals surface area contributed by atoms with Gasteiger partial charge in [0.1, 0.15) is 18.3 Å². The Kier molecular flexibility index (Phi) is 6.64. The molecular formula is C20H21N5O4. The van der Waals surface area contributed by atoms with Gasteiger partial charge in [0.2, 0.25) is 0 Å². The summed E-state index contributed by atoms with van der Waals surface area (Å²) in [6.45, 7) is 2.87. The monoisotopic (exact) mass is 395 g/mol. The average Bonchev–Trinajstić information content (AvgIpc) is 3.28. The summed E-state index contributed by atoms with van der Waals surface area (Å²) in [7, 11) is 0. The van der Waals surface area contributed by atoms with Crippen LogP contribution in [0, 0.1) is 10.1 Å². The van der Waals surface area contributed by atoms with Gasteiger partial charge in [-0.25, -0.2) is 9.67 Å². The van der Waals surface area contributed by atoms with Crippen molar-refractivity contribution >= 4 is 11.6 Å². The molecule has 1 heterocycles. The molecule has 1 atom stereocenters. The SMILES string of the molecule is CC(OCCCNC(=O)c1ccc(-n2cncn2)c([N+](=O)[O-])c1)c1ccccc1. The first-order valence-corrected chi connectivity index (χ1v) is 9.14. The Bertz CT molecular complexity index is 960. The van der Waals surface area contributed by atoms with E-state index in [4.69, 9.17) is 4.74 Å². The van der Waals surface area contributed by atoms with Crippen LogP contribution in [-0.4, -0.2) is 38.7 Å². The molecule has 0 bridgehead atoms. The highest BCUT2D eigenvalue weighted by molar-refractivity contribution is 5.95. The van der Waals surface area contributed by atoms with E-state index >= 15 is 0 Å². The maximum absolute atomic E-state index is 12.3. The molecular weight excluding hydrogens is 374 g/mol. The minimum absolute atomic E-state index is 0.0288. The van der Waals surface area contributed by atoms with Crippen LogP contribution in [0.3, 0.4) is 0 Å². The van der Waals surface area contributed by atoms with Crippen molar-refractivity contribution in [2.45, 2.75) is 19.4 Å². The average molecular weight is 395 g/mol. The van der Waals surface area contributed by atoms with E-state index in [1.54, 1.807) is 0 Å². The Morgan fingerprint density at radius 3 is 2.76 bits per heavy atom. The van der Waals surface area contributed by atoms with E-state index in [1.807, 2.05) is 37.3 Å². The van der Waals surface area contributed by atoms with Gasteiger partial charge in [-0.15, -0.1) is 0 Å². The zero-order valence-corrected chi connectivity index (χ0v) is 15.9. The smallest absolute Gasteiger partial charge is 0.295 e. The van der Waals surface area contributed by atoms with Crippen molar-refractivity contribution in [3.05, 3.63) is 82.4 Å². The summed E-state index contributed by atoms with van der Waals surface area (Å²) in [6, 6.07) is 14.1. The first kappa shape index (κ1) is 20.2. The van der Waals surface area contributed by atoms with Crippen molar-refractivity contribution in [2.24, 2.45) is 0 Å². The van der Waals surface area contributed by atoms with Crippen LogP contribution in [0.25, 0.3) is 5.69 Å². The van der Waals surface area contributed by atoms with Crippen molar-refractivity contribution in [1.29, 1.82) is 0 Å². The van der Waals surface area contributed by atoms with Crippen LogP contribution in [0.1, 0.15) is 35.4 Å². The van der Waals surface area contributed by atoms with Gasteiger partial charge in [-0.3, -0.25) is 14.9 Å². The van der Waals surface area contributed by atoms with Crippen LogP contribution in [-0.2, 0) is 4.74 Å². The van der Waals surface area contributed by atoms with Crippen LogP contribution < -0.4 is 5.32 Å². The molecule has 1 N–H and O–H groups in total. The predicted molar refractivity (Wildman–Crippen MR) is 106 cm³/mol. The Balaban J connectivity index is 1.52. The highest BCUT2D eigenvalue weighted by Gasteiger charge is 2.19. The lowest BCUT2D eigenvalue weighted by Crippen LogP contribution is -2.25. The van der Waals surface area contributed by atoms with E-state index in [2.05, 4.69) is 15.4 Å². The fourth-order valence-electron chi connectivity index (χ4n) is 2.79. The number of amides is 1. The summed E-state index contributed by atoms with van der Waals surface area (Å²) in [5.41, 5.74) is 1.32. The first-order chi connectivity index (χ1) is 14.1. The van der Waals surface area contributed by atoms with E-state index in [1.165, 1.54) is 35.5 Å². The fraction of sp³-hybridized carbons (Fsp3) is 0.250. The Labute approximate surface area is 167 Å². The molecule has 1 unspecified atom stereocenters. The van der Waals surface area contributed by atoms with Crippen molar-refractivity contribution < 1.29 is 14.5 Å². The molecule has 9 nitrogen and oxygen atoms in total. The number of nitrogens with zero attached hydrogens (tertiary/aromatic N) is 4. The van der Waals surface area contributed by atoms with Gasteiger partial charge in [0.05, 0.1) is 11.0 Å². The Hall–Kier alpha value is -3.59. The van der Waals surface area contributed by atoms with Gasteiger partial charge in [0, 0.05) is 24.8 Å². The first-order valence-electron chi connectivity index (χ1n) is 9.14. The molecule has 0 saturated heterocycles. The third kappa shape index (κ3) is 5.23. The van der Waals surface area contributed by atoms with Crippen LogP contribution >= 0.6 is 0 Å². The second-order valence-electron chi connectivity index (χ2n) is 6.33. The molecule has 1 aromatic heterocycles. The van der Waals surface area contributed by atoms with Crippen molar-refractivity contribution in [2.75, 3.05) is 13.2 Å². The standard InChI is InChI=1S/C20H21N5O4/c1-15(16-6-3-2-4-7-16)29-11-5-10-22-20(26)17-8-9-18(19(12-17)25(27)28)24-14-21-13-23-24/h2-4,6-9,12-15H,5,10-11H2,1H3,(H,22,26). The molecule has 0 fully saturated rings. The summed E-state index contributed by atoms with van der Waals surface area (Å²) >= 11 is 0. The van der Waals surface area contributed by atoms with E-state index < -0.39 is 4.92 Å². The molecule has 150 valence electrons. The fourth-order valence-corrected chi connectivity index (χ4v) is 2.79. The maximum atomic E-state index is 12.3. The molecule has 0 radical (unpaired) electrons. The number of benzene rings is 2. The quantitative estimate of drug-likeness (QED) is 0.338. The highest BCUT2D eigenvalue weighted by Crippen LogP contribution is 2.23. The van der Waals surface area contributed by atoms with Crippen molar-refractivity contribution in [3.63, 3.8) is 0 Å². The highest BCUT2D eigenvalue weighted by atomic mass is 16.6. The number of carbonyl (C=O) groups is 1. The molecule has 2 aromatic carbocycles. The number of hydrogen-bond acceptors (Lipinski definition) is 6. The van der Waals surface area contributed by atoms with E-state index in [0.29, 0.717) is 19.6 Å². The normalized spacial score (nSPS) is 11.8. The van der Waals surface area contributed by atoms with Gasteiger partial charge >= 0.3 is 0 Å². The number of rotatable bonds is 9. The zero-order valence-electron chi connectivity index (χ0n) is 15.9. The topological polar surface area (TPSA) is 112 Å². The molecule has 29 heavy (non-hydrogen) atoms. The summed E-state index contributed by atoms with van der Waals surface area (Å²) < 4.78 is 7.05. The van der Waals surface area contributed by atoms with E-state index in [-0.39, 0.29) is 28.9 Å². The second kappa shape index (κ2) is 9.56. The lowest BCUT2D eigenvalue weighted by atomic mass is 10.1. The number of aromatic nitrogens is 3. The van der Waals surface area contributed by atoms with Crippen molar-refractivity contribution in [3.8, 4) is 5.69 Å². The molecule has 0 aliphatic rings. The molecule has 0 aliphatic heterocycles. The number of nitro groups is 1. The lowest BCUT2D eigenvalue weighted by molar-refractivity contribution is -0.384. The summed E-state index contributed by atoms with van der Waals surface area (Å²) in [5.74, 6) is -0.380. The minimum Gasteiger partial charge on any atom is -0.374 e. The van der Waals surface area contributed by atoms with Gasteiger partial charge in [-0.1, -0.05) is 30.3 Å². The molecule has 9 heteroatoms. The zero-order chi connectivity index (χ0) is 20.6. The largest absolute Gasteiger partial charge is 0.374 e. The number of hydrogen-bond donors (Lipinski definition) is 1. The van der Waals surface area contributed by atoms with Crippen molar-refractivity contribution in [1.82, 2.24) is 20.1 Å². The lowest BCUT2D eigenvalue weighted by Gasteiger charge is -2.13. The molecule has 3 rings (SSSR count). The molecule has 1 amide bonds. The van der Waals surface area contributed by atoms with Gasteiger partial charge in [-0.05, 0) is 31.0 Å². The Morgan fingerprint density at radius 1 is 1.28 bits per heavy atom. The number of nitrogens with one attached hydrogen (secondary N) is 1. The molecule has 0 saturated carbocycles. The van der Waals surface area contributed by atoms with Crippen LogP contribution in [0.15, 0.2) is 61.2 Å². The third-order valence-electron chi connectivity index (χ3n) is 4.34. The summed E-state index contributed by atoms with van der Waals surface area (Å²) in [6.07, 6.45) is 3.24. The summed E-state index contributed by atoms with van der Waals surface area (Å²) in [5, 5.41) is 18.0. The predicted octanol–water partition coefficient (Wildman–Crippen LogP) is 3.07. The molecule has 0 spiro atoms. The number of nitro benzene ring substituents is 1. The van der Waals surface area contributed by atoms with Crippen LogP contribution in [0.5, 0.6) is 0 Å². The van der Waals surface area contributed by atoms with Gasteiger partial charge in [-0.2, -0.15) is 5.10 Å². The van der Waals surface area contributed by atoms with Crippen LogP contribution in [0.4, 0.5) is 5.69 Å². The Morgan fingerprint density at radius 2 is 2.07 bits per heavy atom. The number of carbonyl (C=O) groups excluding carboxylic acids is 1. The number of ether oxygens (including phenoxy) is 1. The van der Waals surface area contributed by atoms with Gasteiger partial charge < -0.3 is 10.1 Å². The van der Waals surface area contributed by atoms with E-state index in [0.717, 1.165) is 5.56 Å². The summed E-state index contributed by atoms with van der Waals surface area (Å²) in [4.78, 5) is 26.9. The van der Waals surface area contributed by atoms with E-state index in [9.17, 15) is 14.9 Å². The third-order valence-corrected chi connectivity index (χ3v) is 4.34. The second-order valence-corrected chi connectivity index (χ2v) is 6.33.